The van der Waals surface area contributed by atoms with Gasteiger partial charge in [-0.3, -0.25) is 0 Å². The molecule has 0 radical (unpaired) electrons. The van der Waals surface area contributed by atoms with Crippen LogP contribution in [0.4, 0.5) is 0 Å². The summed E-state index contributed by atoms with van der Waals surface area (Å²) in [5.41, 5.74) is 0. The third-order valence-corrected chi connectivity index (χ3v) is 9.28. The molecule has 2 heterocycles. The molecule has 0 amide bonds. The zero-order valence-corrected chi connectivity index (χ0v) is 32.9. The van der Waals surface area contributed by atoms with Gasteiger partial charge in [-0.15, -0.1) is 0 Å². The van der Waals surface area contributed by atoms with E-state index >= 15 is 0 Å². The number of nitrogens with zero attached hydrogens (tertiary/aromatic N) is 2. The maximum absolute atomic E-state index is 10.4. The van der Waals surface area contributed by atoms with E-state index in [2.05, 4.69) is 10.6 Å². The van der Waals surface area contributed by atoms with Crippen LogP contribution in [0.3, 0.4) is 0 Å². The molecule has 18 atom stereocenters. The summed E-state index contributed by atoms with van der Waals surface area (Å²) in [7, 11) is 7.59. The van der Waals surface area contributed by atoms with E-state index in [1.54, 1.807) is 0 Å². The van der Waals surface area contributed by atoms with Gasteiger partial charge in [0.05, 0.1) is 38.6 Å². The summed E-state index contributed by atoms with van der Waals surface area (Å²) in [6.45, 7) is -0.449. The third kappa shape index (κ3) is 17.5. The lowest BCUT2D eigenvalue weighted by molar-refractivity contribution is -0.327. The van der Waals surface area contributed by atoms with Crippen molar-refractivity contribution in [3.05, 3.63) is 0 Å². The first kappa shape index (κ1) is 54.1. The Balaban J connectivity index is 0.000000570. The molecule has 12 unspecified atom stereocenters. The van der Waals surface area contributed by atoms with Crippen molar-refractivity contribution in [1.29, 1.82) is 0 Å². The highest BCUT2D eigenvalue weighted by atomic mass is 16.7. The molecule has 2 fully saturated rings. The summed E-state index contributed by atoms with van der Waals surface area (Å²) < 4.78 is 21.0. The molecule has 57 heavy (non-hydrogen) atoms. The fraction of sp³-hybridized carbons (Fsp3) is 1.00. The number of nitrogens with one attached hydrogen (secondary N) is 2. The van der Waals surface area contributed by atoms with Gasteiger partial charge >= 0.3 is 0 Å². The van der Waals surface area contributed by atoms with E-state index in [0.717, 1.165) is 13.0 Å². The molecule has 2 saturated heterocycles. The summed E-state index contributed by atoms with van der Waals surface area (Å²) in [6, 6.07) is 0. The number of hydrogen-bond acceptors (Lipinski definition) is 24. The Morgan fingerprint density at radius 3 is 1.21 bits per heavy atom. The van der Waals surface area contributed by atoms with Crippen molar-refractivity contribution >= 4 is 0 Å². The van der Waals surface area contributed by atoms with E-state index in [9.17, 15) is 81.7 Å². The van der Waals surface area contributed by atoms with E-state index in [-0.39, 0.29) is 13.1 Å². The monoisotopic (exact) mass is 842 g/mol. The van der Waals surface area contributed by atoms with Crippen LogP contribution in [0.1, 0.15) is 6.42 Å². The fourth-order valence-corrected chi connectivity index (χ4v) is 5.68. The van der Waals surface area contributed by atoms with Crippen LogP contribution in [0.15, 0.2) is 0 Å². The van der Waals surface area contributed by atoms with Gasteiger partial charge in [-0.2, -0.15) is 0 Å². The molecule has 0 bridgehead atoms. The van der Waals surface area contributed by atoms with Gasteiger partial charge in [-0.05, 0) is 47.7 Å². The molecule has 2 aliphatic heterocycles. The van der Waals surface area contributed by atoms with E-state index < -0.39 is 137 Å². The minimum Gasteiger partial charge on any atom is -0.394 e. The summed E-state index contributed by atoms with van der Waals surface area (Å²) >= 11 is 0. The van der Waals surface area contributed by atoms with E-state index in [1.807, 2.05) is 38.0 Å². The Morgan fingerprint density at radius 2 is 0.877 bits per heavy atom. The second-order valence-corrected chi connectivity index (χ2v) is 14.6. The second-order valence-electron chi connectivity index (χ2n) is 14.6. The standard InChI is InChI=1S/C17H36N2O10.C16H34N2O10/c1-19(2)5-3-4-18-6-9(22)12(24)16(10(23)7-20)29-17-15(27)14(26)13(25)11(8-21)28-17;1-18(2)4-3-17-5-8(21)11(23)15(9(22)6-19)28-16-14(26)13(25)12(24)10(7-20)27-16/h9-18,20-27H,3-8H2,1-2H3;8-17,19-26H,3-7H2,1-2H3/t9?,10?,11?,12?,13-,14+,15?,16?,17-;8?,9?,10?,11?,12-,13+,14?,15?,16-/m00/s1. The van der Waals surface area contributed by atoms with Crippen LogP contribution in [0.25, 0.3) is 0 Å². The number of ether oxygens (including phenoxy) is 4. The first-order valence-electron chi connectivity index (χ1n) is 18.7. The number of aliphatic hydroxyl groups is 16. The number of hydrogen-bond donors (Lipinski definition) is 18. The molecule has 2 rings (SSSR count). The Kier molecular flexibility index (Phi) is 26.4. The Labute approximate surface area is 331 Å². The molecular formula is C33H70N4O20. The van der Waals surface area contributed by atoms with Crippen molar-refractivity contribution in [2.45, 2.75) is 117 Å². The zero-order chi connectivity index (χ0) is 43.6. The molecule has 0 saturated carbocycles. The van der Waals surface area contributed by atoms with Gasteiger partial charge in [0.15, 0.2) is 12.6 Å². The summed E-state index contributed by atoms with van der Waals surface area (Å²) in [4.78, 5) is 3.91. The van der Waals surface area contributed by atoms with Gasteiger partial charge in [-0.1, -0.05) is 0 Å². The van der Waals surface area contributed by atoms with Crippen molar-refractivity contribution in [3.63, 3.8) is 0 Å². The number of aliphatic hydroxyl groups excluding tert-OH is 16. The molecule has 0 aromatic rings. The van der Waals surface area contributed by atoms with Crippen LogP contribution < -0.4 is 10.6 Å². The average molecular weight is 843 g/mol. The zero-order valence-electron chi connectivity index (χ0n) is 32.9. The minimum atomic E-state index is -1.76. The van der Waals surface area contributed by atoms with Gasteiger partial charge in [-0.25, -0.2) is 0 Å². The number of likely N-dealkylation sites (N-methyl/N-ethyl adjacent to an activating group) is 1. The van der Waals surface area contributed by atoms with E-state index in [1.165, 1.54) is 0 Å². The lowest BCUT2D eigenvalue weighted by Crippen LogP contribution is -2.61. The third-order valence-electron chi connectivity index (χ3n) is 9.28. The van der Waals surface area contributed by atoms with E-state index in [0.29, 0.717) is 19.6 Å². The van der Waals surface area contributed by atoms with Crippen molar-refractivity contribution in [1.82, 2.24) is 20.4 Å². The highest BCUT2D eigenvalue weighted by Gasteiger charge is 2.48. The molecule has 0 aromatic carbocycles. The topological polar surface area (TPSA) is 391 Å². The predicted molar refractivity (Wildman–Crippen MR) is 195 cm³/mol. The van der Waals surface area contributed by atoms with Crippen LogP contribution in [-0.4, -0.2) is 296 Å². The van der Waals surface area contributed by atoms with Gasteiger partial charge < -0.3 is 121 Å². The van der Waals surface area contributed by atoms with Crippen LogP contribution in [0.5, 0.6) is 0 Å². The van der Waals surface area contributed by atoms with Gasteiger partial charge in [0, 0.05) is 26.2 Å². The van der Waals surface area contributed by atoms with Gasteiger partial charge in [0.1, 0.15) is 85.5 Å². The summed E-state index contributed by atoms with van der Waals surface area (Å²) in [5, 5.41) is 163. The van der Waals surface area contributed by atoms with Gasteiger partial charge in [0.2, 0.25) is 0 Å². The molecule has 0 spiro atoms. The summed E-state index contributed by atoms with van der Waals surface area (Å²) in [6.07, 6.45) is -27.7. The van der Waals surface area contributed by atoms with Crippen molar-refractivity contribution in [3.8, 4) is 0 Å². The first-order chi connectivity index (χ1) is 26.8. The lowest BCUT2D eigenvalue weighted by Gasteiger charge is -2.42. The molecule has 342 valence electrons. The Morgan fingerprint density at radius 1 is 0.509 bits per heavy atom. The highest BCUT2D eigenvalue weighted by molar-refractivity contribution is 4.93. The van der Waals surface area contributed by atoms with E-state index in [4.69, 9.17) is 18.9 Å². The quantitative estimate of drug-likeness (QED) is 0.0379. The minimum absolute atomic E-state index is 0.0265. The first-order valence-corrected chi connectivity index (χ1v) is 18.7. The fourth-order valence-electron chi connectivity index (χ4n) is 5.68. The van der Waals surface area contributed by atoms with Crippen LogP contribution in [0, 0.1) is 0 Å². The maximum Gasteiger partial charge on any atom is 0.187 e. The molecule has 0 aliphatic carbocycles. The Hall–Kier alpha value is -0.960. The average Bonchev–Trinajstić information content (AvgIpc) is 3.18. The SMILES string of the molecule is CN(C)CCCNCC(O)C(O)C(O[C@@H]1OC(CO)[C@H](O)[C@@H](O)C1O)C(O)CO.CN(C)CCNCC(O)C(O)C(O[C@@H]1OC(CO)[C@H](O)[C@@H](O)C1O)C(O)CO. The van der Waals surface area contributed by atoms with Crippen molar-refractivity contribution < 1.29 is 101 Å². The smallest absolute Gasteiger partial charge is 0.187 e. The van der Waals surface area contributed by atoms with Crippen molar-refractivity contribution in [2.24, 2.45) is 0 Å². The van der Waals surface area contributed by atoms with Gasteiger partial charge in [0.25, 0.3) is 0 Å². The van der Waals surface area contributed by atoms with Crippen LogP contribution >= 0.6 is 0 Å². The normalized spacial score (nSPS) is 32.5. The molecular weight excluding hydrogens is 772 g/mol. The van der Waals surface area contributed by atoms with Crippen LogP contribution in [-0.2, 0) is 18.9 Å². The second kappa shape index (κ2) is 27.8. The predicted octanol–water partition coefficient (Wildman–Crippen LogP) is -10.8. The Bertz CT molecular complexity index is 1030. The molecule has 2 aliphatic rings. The van der Waals surface area contributed by atoms with Crippen molar-refractivity contribution in [2.75, 3.05) is 93.9 Å². The molecule has 24 heteroatoms. The largest absolute Gasteiger partial charge is 0.394 e. The van der Waals surface area contributed by atoms with Crippen LogP contribution in [0.2, 0.25) is 0 Å². The summed E-state index contributed by atoms with van der Waals surface area (Å²) in [5.74, 6) is 0. The number of rotatable bonds is 25. The maximum atomic E-state index is 10.4. The lowest BCUT2D eigenvalue weighted by atomic mass is 9.98. The molecule has 24 nitrogen and oxygen atoms in total. The highest BCUT2D eigenvalue weighted by Crippen LogP contribution is 2.26. The molecule has 18 N–H and O–H groups in total. The molecule has 0 aromatic heterocycles.